The van der Waals surface area contributed by atoms with Crippen molar-refractivity contribution in [2.45, 2.75) is 63.5 Å². The summed E-state index contributed by atoms with van der Waals surface area (Å²) in [7, 11) is 0. The van der Waals surface area contributed by atoms with Crippen LogP contribution in [0.1, 0.15) is 61.7 Å². The smallest absolute Gasteiger partial charge is 0.253 e. The molecule has 0 bridgehead atoms. The lowest BCUT2D eigenvalue weighted by molar-refractivity contribution is 0.0579. The molecule has 0 aliphatic carbocycles. The number of amides is 1. The Kier molecular flexibility index (Phi) is 7.76. The largest absolute Gasteiger partial charge is 0.356 e. The molecule has 188 valence electrons. The van der Waals surface area contributed by atoms with Gasteiger partial charge in [-0.15, -0.1) is 0 Å². The first-order chi connectivity index (χ1) is 17.2. The third kappa shape index (κ3) is 6.10. The van der Waals surface area contributed by atoms with E-state index in [9.17, 15) is 9.18 Å². The topological polar surface area (TPSA) is 64.6 Å². The molecule has 3 aliphatic rings. The normalized spacial score (nSPS) is 22.6. The Balaban J connectivity index is 1.14. The molecule has 7 nitrogen and oxygen atoms in total. The number of rotatable bonds is 5. The molecule has 1 N–H and O–H groups in total. The highest BCUT2D eigenvalue weighted by Crippen LogP contribution is 2.24. The highest BCUT2D eigenvalue weighted by Gasteiger charge is 2.31. The van der Waals surface area contributed by atoms with E-state index >= 15 is 0 Å². The third-order valence-electron chi connectivity index (χ3n) is 7.70. The number of anilines is 2. The lowest BCUT2D eigenvalue weighted by atomic mass is 9.97. The van der Waals surface area contributed by atoms with Crippen molar-refractivity contribution in [3.63, 3.8) is 0 Å². The molecule has 3 aliphatic heterocycles. The predicted molar refractivity (Wildman–Crippen MR) is 136 cm³/mol. The second kappa shape index (κ2) is 11.3. The molecule has 1 aromatic heterocycles. The van der Waals surface area contributed by atoms with E-state index in [4.69, 9.17) is 4.98 Å². The lowest BCUT2D eigenvalue weighted by Crippen LogP contribution is -2.52. The first-order valence-electron chi connectivity index (χ1n) is 13.3. The zero-order valence-corrected chi connectivity index (χ0v) is 20.5. The minimum Gasteiger partial charge on any atom is -0.356 e. The molecule has 0 radical (unpaired) electrons. The average molecular weight is 481 g/mol. The summed E-state index contributed by atoms with van der Waals surface area (Å²) < 4.78 is 13.5. The van der Waals surface area contributed by atoms with Crippen molar-refractivity contribution in [2.24, 2.45) is 0 Å². The highest BCUT2D eigenvalue weighted by molar-refractivity contribution is 5.94. The number of aromatic nitrogens is 2. The molecule has 4 heterocycles. The number of piperidine rings is 2. The summed E-state index contributed by atoms with van der Waals surface area (Å²) in [4.78, 5) is 29.0. The number of carbonyl (C=O) groups is 1. The van der Waals surface area contributed by atoms with Crippen LogP contribution in [0.2, 0.25) is 0 Å². The quantitative estimate of drug-likeness (QED) is 0.693. The van der Waals surface area contributed by atoms with Gasteiger partial charge >= 0.3 is 0 Å². The average Bonchev–Trinajstić information content (AvgIpc) is 3.19. The highest BCUT2D eigenvalue weighted by atomic mass is 19.1. The van der Waals surface area contributed by atoms with Crippen LogP contribution in [0.3, 0.4) is 0 Å². The Morgan fingerprint density at radius 3 is 2.51 bits per heavy atom. The predicted octanol–water partition coefficient (Wildman–Crippen LogP) is 4.18. The molecule has 0 spiro atoms. The molecule has 5 rings (SSSR count). The van der Waals surface area contributed by atoms with E-state index in [1.54, 1.807) is 12.1 Å². The van der Waals surface area contributed by atoms with E-state index in [2.05, 4.69) is 20.1 Å². The monoisotopic (exact) mass is 480 g/mol. The van der Waals surface area contributed by atoms with E-state index in [1.807, 2.05) is 17.2 Å². The van der Waals surface area contributed by atoms with Gasteiger partial charge in [-0.3, -0.25) is 9.69 Å². The van der Waals surface area contributed by atoms with Crippen molar-refractivity contribution in [3.05, 3.63) is 47.9 Å². The molecule has 2 aromatic rings. The maximum Gasteiger partial charge on any atom is 0.253 e. The molecule has 0 saturated carbocycles. The van der Waals surface area contributed by atoms with Crippen molar-refractivity contribution >= 4 is 17.7 Å². The number of benzene rings is 1. The Hall–Kier alpha value is -2.74. The Morgan fingerprint density at radius 2 is 1.74 bits per heavy atom. The van der Waals surface area contributed by atoms with Gasteiger partial charge in [-0.2, -0.15) is 4.98 Å². The fraction of sp³-hybridized carbons (Fsp3) is 0.593. The van der Waals surface area contributed by atoms with Gasteiger partial charge in [0, 0.05) is 56.6 Å². The summed E-state index contributed by atoms with van der Waals surface area (Å²) in [5, 5.41) is 3.61. The minimum absolute atomic E-state index is 0.0671. The molecule has 1 atom stereocenters. The number of hydrogen-bond donors (Lipinski definition) is 1. The SMILES string of the molecule is O=C(c1cccc(F)c1)N1CCC(N2CCC[C@H](Nc3nccc(N4CCCCCC4)n3)C2)CC1. The standard InChI is InChI=1S/C27H37FN6O/c28-22-8-5-7-21(19-22)26(35)33-17-11-24(12-18-33)34-16-6-9-23(20-34)30-27-29-13-10-25(31-27)32-14-3-1-2-4-15-32/h5,7-8,10,13,19,23-24H,1-4,6,9,11-12,14-18,20H2,(H,29,30,31)/t23-/m0/s1. The van der Waals surface area contributed by atoms with Crippen molar-refractivity contribution in [3.8, 4) is 0 Å². The van der Waals surface area contributed by atoms with E-state index in [0.29, 0.717) is 17.6 Å². The van der Waals surface area contributed by atoms with E-state index in [0.717, 1.165) is 76.7 Å². The first kappa shape index (κ1) is 24.0. The van der Waals surface area contributed by atoms with Crippen LogP contribution in [-0.4, -0.2) is 77.0 Å². The summed E-state index contributed by atoms with van der Waals surface area (Å²) in [6.45, 7) is 5.66. The zero-order chi connectivity index (χ0) is 24.0. The number of carbonyl (C=O) groups excluding carboxylic acids is 1. The van der Waals surface area contributed by atoms with Crippen LogP contribution in [-0.2, 0) is 0 Å². The first-order valence-corrected chi connectivity index (χ1v) is 13.3. The number of likely N-dealkylation sites (tertiary alicyclic amines) is 2. The van der Waals surface area contributed by atoms with Crippen molar-refractivity contribution in [1.82, 2.24) is 19.8 Å². The fourth-order valence-corrected chi connectivity index (χ4v) is 5.77. The summed E-state index contributed by atoms with van der Waals surface area (Å²) in [6.07, 6.45) is 11.1. The summed E-state index contributed by atoms with van der Waals surface area (Å²) in [5.41, 5.74) is 0.438. The van der Waals surface area contributed by atoms with Gasteiger partial charge in [0.15, 0.2) is 0 Å². The number of halogens is 1. The molecular formula is C27H37FN6O. The van der Waals surface area contributed by atoms with Gasteiger partial charge in [0.2, 0.25) is 5.95 Å². The van der Waals surface area contributed by atoms with E-state index in [1.165, 1.54) is 37.8 Å². The van der Waals surface area contributed by atoms with Crippen LogP contribution in [0.4, 0.5) is 16.2 Å². The van der Waals surface area contributed by atoms with Crippen LogP contribution in [0.25, 0.3) is 0 Å². The second-order valence-electron chi connectivity index (χ2n) is 10.2. The summed E-state index contributed by atoms with van der Waals surface area (Å²) in [5.74, 6) is 1.34. The fourth-order valence-electron chi connectivity index (χ4n) is 5.77. The van der Waals surface area contributed by atoms with Crippen LogP contribution < -0.4 is 10.2 Å². The van der Waals surface area contributed by atoms with Gasteiger partial charge in [-0.05, 0) is 69.3 Å². The van der Waals surface area contributed by atoms with Crippen LogP contribution >= 0.6 is 0 Å². The van der Waals surface area contributed by atoms with Gasteiger partial charge in [-0.25, -0.2) is 9.37 Å². The Labute approximate surface area is 207 Å². The molecule has 3 saturated heterocycles. The molecule has 35 heavy (non-hydrogen) atoms. The van der Waals surface area contributed by atoms with Crippen LogP contribution in [0.5, 0.6) is 0 Å². The molecule has 0 unspecified atom stereocenters. The molecule has 8 heteroatoms. The van der Waals surface area contributed by atoms with Gasteiger partial charge in [0.1, 0.15) is 11.6 Å². The third-order valence-corrected chi connectivity index (χ3v) is 7.70. The second-order valence-corrected chi connectivity index (χ2v) is 10.2. The van der Waals surface area contributed by atoms with Gasteiger partial charge < -0.3 is 15.1 Å². The lowest BCUT2D eigenvalue weighted by Gasteiger charge is -2.42. The zero-order valence-electron chi connectivity index (χ0n) is 20.5. The van der Waals surface area contributed by atoms with Gasteiger partial charge in [0.25, 0.3) is 5.91 Å². The number of nitrogens with zero attached hydrogens (tertiary/aromatic N) is 5. The minimum atomic E-state index is -0.362. The van der Waals surface area contributed by atoms with E-state index in [-0.39, 0.29) is 11.7 Å². The Morgan fingerprint density at radius 1 is 0.943 bits per heavy atom. The molecule has 3 fully saturated rings. The molecule has 1 aromatic carbocycles. The number of nitrogens with one attached hydrogen (secondary N) is 1. The van der Waals surface area contributed by atoms with Crippen molar-refractivity contribution in [1.29, 1.82) is 0 Å². The maximum absolute atomic E-state index is 13.5. The summed E-state index contributed by atoms with van der Waals surface area (Å²) >= 11 is 0. The van der Waals surface area contributed by atoms with Gasteiger partial charge in [-0.1, -0.05) is 18.9 Å². The molecule has 1 amide bonds. The van der Waals surface area contributed by atoms with Crippen LogP contribution in [0.15, 0.2) is 36.5 Å². The van der Waals surface area contributed by atoms with Gasteiger partial charge in [0.05, 0.1) is 0 Å². The van der Waals surface area contributed by atoms with Crippen LogP contribution in [0, 0.1) is 5.82 Å². The maximum atomic E-state index is 13.5. The van der Waals surface area contributed by atoms with E-state index < -0.39 is 0 Å². The van der Waals surface area contributed by atoms with Crippen molar-refractivity contribution < 1.29 is 9.18 Å². The Bertz CT molecular complexity index is 987. The van der Waals surface area contributed by atoms with Crippen molar-refractivity contribution in [2.75, 3.05) is 49.5 Å². The molecular weight excluding hydrogens is 443 g/mol. The summed E-state index contributed by atoms with van der Waals surface area (Å²) in [6, 6.07) is 8.84. The number of hydrogen-bond acceptors (Lipinski definition) is 6.